The molecule has 5 nitrogen and oxygen atoms in total. The smallest absolute Gasteiger partial charge is 0.344 e. The van der Waals surface area contributed by atoms with Crippen molar-refractivity contribution < 1.29 is 18.4 Å². The lowest BCUT2D eigenvalue weighted by Crippen LogP contribution is -2.42. The molecule has 8 heteroatoms. The van der Waals surface area contributed by atoms with E-state index in [2.05, 4.69) is 10.5 Å². The summed E-state index contributed by atoms with van der Waals surface area (Å²) in [5.74, 6) is -0.710. The normalized spacial score (nSPS) is 27.6. The molecule has 1 aromatic carbocycles. The fraction of sp³-hybridized carbons (Fsp3) is 0.500. The standard InChI is InChI=1S/C20H19Cl2FN2O3/c21-13-2-1-3-14(22)15(13)17-16(18(28-25-17)20(23)6-7-20)19(26)27-12-8-10-4-5-11(9-12)24-10/h1-3,10-12,24H,4-9H2. The molecule has 2 aromatic rings. The first-order valence-electron chi connectivity index (χ1n) is 9.55. The number of carbonyl (C=O) groups excluding carboxylic acids is 1. The van der Waals surface area contributed by atoms with Crippen molar-refractivity contribution in [2.75, 3.05) is 0 Å². The van der Waals surface area contributed by atoms with E-state index in [-0.39, 0.29) is 36.0 Å². The van der Waals surface area contributed by atoms with Crippen LogP contribution >= 0.6 is 23.2 Å². The van der Waals surface area contributed by atoms with Crippen molar-refractivity contribution in [1.29, 1.82) is 0 Å². The SMILES string of the molecule is O=C(OC1CC2CCC(C1)N2)c1c(-c2c(Cl)cccc2Cl)noc1C1(F)CC1. The fourth-order valence-electron chi connectivity index (χ4n) is 4.33. The molecule has 5 rings (SSSR count). The predicted octanol–water partition coefficient (Wildman–Crippen LogP) is 5.05. The second-order valence-electron chi connectivity index (χ2n) is 7.93. The summed E-state index contributed by atoms with van der Waals surface area (Å²) in [6.07, 6.45) is 4.05. The van der Waals surface area contributed by atoms with E-state index < -0.39 is 11.6 Å². The van der Waals surface area contributed by atoms with Crippen molar-refractivity contribution in [3.05, 3.63) is 39.6 Å². The highest BCUT2D eigenvalue weighted by atomic mass is 35.5. The number of rotatable bonds is 4. The van der Waals surface area contributed by atoms with Crippen LogP contribution in [-0.4, -0.2) is 29.3 Å². The first-order chi connectivity index (χ1) is 13.4. The average Bonchev–Trinajstić information content (AvgIpc) is 3.09. The Bertz CT molecular complexity index is 911. The molecule has 2 saturated heterocycles. The summed E-state index contributed by atoms with van der Waals surface area (Å²) in [5, 5.41) is 8.10. The molecule has 0 amide bonds. The van der Waals surface area contributed by atoms with Gasteiger partial charge < -0.3 is 14.6 Å². The van der Waals surface area contributed by atoms with Crippen LogP contribution in [0.3, 0.4) is 0 Å². The Hall–Kier alpha value is -1.63. The summed E-state index contributed by atoms with van der Waals surface area (Å²) in [6.45, 7) is 0. The molecule has 1 aromatic heterocycles. The van der Waals surface area contributed by atoms with E-state index in [0.29, 0.717) is 27.7 Å². The molecule has 148 valence electrons. The number of carbonyl (C=O) groups is 1. The lowest BCUT2D eigenvalue weighted by atomic mass is 10.0. The van der Waals surface area contributed by atoms with Gasteiger partial charge >= 0.3 is 5.97 Å². The van der Waals surface area contributed by atoms with Crippen molar-refractivity contribution >= 4 is 29.2 Å². The van der Waals surface area contributed by atoms with Gasteiger partial charge in [0, 0.05) is 17.6 Å². The van der Waals surface area contributed by atoms with Gasteiger partial charge in [-0.15, -0.1) is 0 Å². The van der Waals surface area contributed by atoms with Crippen LogP contribution in [0.15, 0.2) is 22.7 Å². The minimum atomic E-state index is -1.68. The zero-order valence-corrected chi connectivity index (χ0v) is 16.5. The van der Waals surface area contributed by atoms with Crippen molar-refractivity contribution in [3.8, 4) is 11.3 Å². The summed E-state index contributed by atoms with van der Waals surface area (Å²) in [6, 6.07) is 5.70. The van der Waals surface area contributed by atoms with Gasteiger partial charge in [0.1, 0.15) is 17.4 Å². The first kappa shape index (κ1) is 18.4. The average molecular weight is 425 g/mol. The zero-order chi connectivity index (χ0) is 19.5. The van der Waals surface area contributed by atoms with E-state index in [0.717, 1.165) is 25.7 Å². The number of hydrogen-bond acceptors (Lipinski definition) is 5. The third kappa shape index (κ3) is 3.11. The molecule has 1 N–H and O–H groups in total. The van der Waals surface area contributed by atoms with Gasteiger partial charge in [0.15, 0.2) is 11.4 Å². The molecular weight excluding hydrogens is 406 g/mol. The van der Waals surface area contributed by atoms with Gasteiger partial charge in [0.2, 0.25) is 0 Å². The second-order valence-corrected chi connectivity index (χ2v) is 8.75. The third-order valence-electron chi connectivity index (χ3n) is 5.90. The van der Waals surface area contributed by atoms with Crippen molar-refractivity contribution in [2.24, 2.45) is 0 Å². The molecule has 1 aliphatic carbocycles. The van der Waals surface area contributed by atoms with E-state index in [1.54, 1.807) is 18.2 Å². The fourth-order valence-corrected chi connectivity index (χ4v) is 4.90. The first-order valence-corrected chi connectivity index (χ1v) is 10.3. The molecule has 2 atom stereocenters. The number of fused-ring (bicyclic) bond motifs is 2. The van der Waals surface area contributed by atoms with Gasteiger partial charge in [-0.2, -0.15) is 0 Å². The number of esters is 1. The van der Waals surface area contributed by atoms with Gasteiger partial charge in [0.25, 0.3) is 0 Å². The van der Waals surface area contributed by atoms with Gasteiger partial charge in [0.05, 0.1) is 10.0 Å². The van der Waals surface area contributed by atoms with Crippen LogP contribution in [0.2, 0.25) is 10.0 Å². The van der Waals surface area contributed by atoms with Crippen molar-refractivity contribution in [3.63, 3.8) is 0 Å². The molecule has 2 bridgehead atoms. The molecule has 3 aliphatic rings. The van der Waals surface area contributed by atoms with Crippen LogP contribution in [0.1, 0.15) is 54.6 Å². The van der Waals surface area contributed by atoms with E-state index in [4.69, 9.17) is 32.5 Å². The van der Waals surface area contributed by atoms with Gasteiger partial charge in [-0.3, -0.25) is 0 Å². The zero-order valence-electron chi connectivity index (χ0n) is 15.0. The van der Waals surface area contributed by atoms with Crippen LogP contribution in [0.25, 0.3) is 11.3 Å². The molecule has 3 heterocycles. The minimum Gasteiger partial charge on any atom is -0.459 e. The summed E-state index contributed by atoms with van der Waals surface area (Å²) >= 11 is 12.6. The van der Waals surface area contributed by atoms with Gasteiger partial charge in [-0.1, -0.05) is 34.4 Å². The van der Waals surface area contributed by atoms with E-state index in [1.807, 2.05) is 0 Å². The molecule has 0 radical (unpaired) electrons. The maximum absolute atomic E-state index is 14.9. The predicted molar refractivity (Wildman–Crippen MR) is 102 cm³/mol. The number of benzene rings is 1. The van der Waals surface area contributed by atoms with E-state index in [9.17, 15) is 9.18 Å². The number of aromatic nitrogens is 1. The molecule has 3 fully saturated rings. The maximum atomic E-state index is 14.9. The number of nitrogens with zero attached hydrogens (tertiary/aromatic N) is 1. The Morgan fingerprint density at radius 1 is 1.21 bits per heavy atom. The topological polar surface area (TPSA) is 64.4 Å². The van der Waals surface area contributed by atoms with Crippen molar-refractivity contribution in [2.45, 2.75) is 62.4 Å². The molecule has 1 saturated carbocycles. The highest BCUT2D eigenvalue weighted by molar-refractivity contribution is 6.39. The minimum absolute atomic E-state index is 0.000814. The summed E-state index contributed by atoms with van der Waals surface area (Å²) in [4.78, 5) is 13.1. The van der Waals surface area contributed by atoms with E-state index >= 15 is 0 Å². The Balaban J connectivity index is 1.52. The van der Waals surface area contributed by atoms with Crippen LogP contribution < -0.4 is 5.32 Å². The Kier molecular flexibility index (Phi) is 4.41. The Morgan fingerprint density at radius 3 is 2.46 bits per heavy atom. The van der Waals surface area contributed by atoms with Crippen LogP contribution in [0.4, 0.5) is 4.39 Å². The summed E-state index contributed by atoms with van der Waals surface area (Å²) < 4.78 is 26.0. The monoisotopic (exact) mass is 424 g/mol. The molecule has 28 heavy (non-hydrogen) atoms. The molecule has 2 unspecified atom stereocenters. The van der Waals surface area contributed by atoms with Crippen LogP contribution in [0.5, 0.6) is 0 Å². The lowest BCUT2D eigenvalue weighted by Gasteiger charge is -2.28. The highest BCUT2D eigenvalue weighted by Gasteiger charge is 2.53. The summed E-state index contributed by atoms with van der Waals surface area (Å²) in [7, 11) is 0. The second kappa shape index (κ2) is 6.71. The van der Waals surface area contributed by atoms with Crippen molar-refractivity contribution in [1.82, 2.24) is 10.5 Å². The third-order valence-corrected chi connectivity index (χ3v) is 6.53. The molecule has 2 aliphatic heterocycles. The highest BCUT2D eigenvalue weighted by Crippen LogP contribution is 2.53. The molecular formula is C20H19Cl2FN2O3. The Morgan fingerprint density at radius 2 is 1.86 bits per heavy atom. The number of hydrogen-bond donors (Lipinski definition) is 1. The van der Waals surface area contributed by atoms with Crippen LogP contribution in [-0.2, 0) is 10.4 Å². The number of ether oxygens (including phenoxy) is 1. The Labute approximate surface area is 171 Å². The maximum Gasteiger partial charge on any atom is 0.344 e. The number of piperidine rings is 1. The largest absolute Gasteiger partial charge is 0.459 e. The number of alkyl halides is 1. The summed E-state index contributed by atoms with van der Waals surface area (Å²) in [5.41, 5.74) is -1.19. The lowest BCUT2D eigenvalue weighted by molar-refractivity contribution is 0.0172. The number of halogens is 3. The van der Waals surface area contributed by atoms with Gasteiger partial charge in [-0.25, -0.2) is 9.18 Å². The number of nitrogens with one attached hydrogen (secondary N) is 1. The molecule has 0 spiro atoms. The van der Waals surface area contributed by atoms with Crippen LogP contribution in [0, 0.1) is 0 Å². The van der Waals surface area contributed by atoms with E-state index in [1.165, 1.54) is 0 Å². The quantitative estimate of drug-likeness (QED) is 0.695. The van der Waals surface area contributed by atoms with Gasteiger partial charge in [-0.05, 0) is 50.7 Å².